The van der Waals surface area contributed by atoms with E-state index in [0.717, 1.165) is 41.3 Å². The van der Waals surface area contributed by atoms with Gasteiger partial charge in [0.1, 0.15) is 11.3 Å². The summed E-state index contributed by atoms with van der Waals surface area (Å²) in [5.74, 6) is 0.465. The Hall–Kier alpha value is -3.11. The fraction of sp³-hybridized carbons (Fsp3) is 0.296. The molecule has 5 rings (SSSR count). The number of anilines is 2. The molecule has 1 aliphatic heterocycles. The fourth-order valence-corrected chi connectivity index (χ4v) is 6.39. The SMILES string of the molecule is Cc1cc(-c2c(O)cccc2Cl)cc2nnc(Nc3ccc([SH](C)(=O)NCCN4CCCC4)cc3)nc12. The molecule has 0 spiro atoms. The molecule has 0 unspecified atom stereocenters. The van der Waals surface area contributed by atoms with Crippen LogP contribution in [0.4, 0.5) is 11.6 Å². The number of benzene rings is 3. The molecule has 0 atom stereocenters. The number of phenols is 1. The highest BCUT2D eigenvalue weighted by molar-refractivity contribution is 8.00. The third-order valence-electron chi connectivity index (χ3n) is 6.69. The van der Waals surface area contributed by atoms with Crippen LogP contribution in [-0.4, -0.2) is 61.8 Å². The van der Waals surface area contributed by atoms with E-state index >= 15 is 0 Å². The van der Waals surface area contributed by atoms with E-state index in [2.05, 4.69) is 30.1 Å². The van der Waals surface area contributed by atoms with E-state index in [0.29, 0.717) is 34.1 Å². The van der Waals surface area contributed by atoms with Crippen molar-refractivity contribution in [3.63, 3.8) is 0 Å². The molecule has 8 nitrogen and oxygen atoms in total. The van der Waals surface area contributed by atoms with Crippen molar-refractivity contribution in [1.82, 2.24) is 24.8 Å². The number of hydrogen-bond acceptors (Lipinski definition) is 7. The van der Waals surface area contributed by atoms with Crippen LogP contribution in [0, 0.1) is 6.92 Å². The predicted molar refractivity (Wildman–Crippen MR) is 151 cm³/mol. The van der Waals surface area contributed by atoms with Gasteiger partial charge in [-0.05, 0) is 103 Å². The number of aryl methyl sites for hydroxylation is 1. The quantitative estimate of drug-likeness (QED) is 0.241. The first-order valence-corrected chi connectivity index (χ1v) is 14.9. The van der Waals surface area contributed by atoms with Gasteiger partial charge >= 0.3 is 0 Å². The van der Waals surface area contributed by atoms with E-state index in [1.165, 1.54) is 12.8 Å². The van der Waals surface area contributed by atoms with E-state index in [9.17, 15) is 9.32 Å². The summed E-state index contributed by atoms with van der Waals surface area (Å²) >= 11 is 6.33. The van der Waals surface area contributed by atoms with Crippen LogP contribution in [0.2, 0.25) is 5.02 Å². The third-order valence-corrected chi connectivity index (χ3v) is 9.11. The summed E-state index contributed by atoms with van der Waals surface area (Å²) in [6.07, 6.45) is 4.28. The number of aromatic nitrogens is 3. The number of nitrogens with one attached hydrogen (secondary N) is 2. The molecule has 0 saturated carbocycles. The highest BCUT2D eigenvalue weighted by atomic mass is 35.5. The Balaban J connectivity index is 1.29. The minimum atomic E-state index is -2.66. The monoisotopic (exact) mass is 538 g/mol. The molecular formula is C27H31ClN6O2S. The Kier molecular flexibility index (Phi) is 7.39. The van der Waals surface area contributed by atoms with Gasteiger partial charge in [0.25, 0.3) is 0 Å². The van der Waals surface area contributed by atoms with E-state index in [4.69, 9.17) is 11.6 Å². The topological polar surface area (TPSA) is 103 Å². The average Bonchev–Trinajstić information content (AvgIpc) is 3.38. The zero-order valence-electron chi connectivity index (χ0n) is 20.9. The van der Waals surface area contributed by atoms with E-state index in [1.807, 2.05) is 43.3 Å². The number of hydrogen-bond donors (Lipinski definition) is 4. The van der Waals surface area contributed by atoms with Crippen LogP contribution in [0.5, 0.6) is 5.75 Å². The summed E-state index contributed by atoms with van der Waals surface area (Å²) < 4.78 is 16.5. The number of rotatable bonds is 8. The first kappa shape index (κ1) is 25.5. The molecule has 194 valence electrons. The van der Waals surface area contributed by atoms with Crippen molar-refractivity contribution < 1.29 is 9.32 Å². The van der Waals surface area contributed by atoms with Gasteiger partial charge < -0.3 is 15.3 Å². The predicted octanol–water partition coefficient (Wildman–Crippen LogP) is 4.71. The van der Waals surface area contributed by atoms with Crippen molar-refractivity contribution in [1.29, 1.82) is 0 Å². The lowest BCUT2D eigenvalue weighted by Gasteiger charge is -2.23. The first-order chi connectivity index (χ1) is 17.8. The molecule has 1 fully saturated rings. The molecule has 10 heteroatoms. The maximum atomic E-state index is 13.2. The molecule has 0 radical (unpaired) electrons. The molecule has 3 aromatic carbocycles. The second-order valence-corrected chi connectivity index (χ2v) is 12.6. The number of halogens is 1. The number of thiol groups is 1. The van der Waals surface area contributed by atoms with Gasteiger partial charge in [0.05, 0.1) is 10.5 Å². The van der Waals surface area contributed by atoms with Gasteiger partial charge in [0.2, 0.25) is 5.95 Å². The summed E-state index contributed by atoms with van der Waals surface area (Å²) in [7, 11) is -2.66. The van der Waals surface area contributed by atoms with Gasteiger partial charge in [-0.2, -0.15) is 0 Å². The number of aromatic hydroxyl groups is 1. The van der Waals surface area contributed by atoms with Crippen LogP contribution >= 0.6 is 11.6 Å². The van der Waals surface area contributed by atoms with Gasteiger partial charge in [0.15, 0.2) is 0 Å². The van der Waals surface area contributed by atoms with Crippen LogP contribution in [0.25, 0.3) is 22.2 Å². The van der Waals surface area contributed by atoms with Crippen molar-refractivity contribution in [2.45, 2.75) is 24.7 Å². The summed E-state index contributed by atoms with van der Waals surface area (Å²) in [5.41, 5.74) is 4.26. The number of phenolic OH excluding ortho intramolecular Hbond substituents is 1. The lowest BCUT2D eigenvalue weighted by Crippen LogP contribution is -2.36. The van der Waals surface area contributed by atoms with Crippen LogP contribution in [0.3, 0.4) is 0 Å². The summed E-state index contributed by atoms with van der Waals surface area (Å²) in [6, 6.07) is 16.3. The molecule has 0 aliphatic carbocycles. The molecular weight excluding hydrogens is 508 g/mol. The van der Waals surface area contributed by atoms with Crippen molar-refractivity contribution >= 4 is 44.4 Å². The average molecular weight is 539 g/mol. The van der Waals surface area contributed by atoms with Gasteiger partial charge in [-0.3, -0.25) is 8.93 Å². The van der Waals surface area contributed by atoms with E-state index in [1.54, 1.807) is 24.5 Å². The zero-order valence-corrected chi connectivity index (χ0v) is 22.6. The Bertz CT molecular complexity index is 1450. The Morgan fingerprint density at radius 3 is 2.57 bits per heavy atom. The Morgan fingerprint density at radius 2 is 1.84 bits per heavy atom. The fourth-order valence-electron chi connectivity index (χ4n) is 4.69. The van der Waals surface area contributed by atoms with Crippen LogP contribution in [-0.2, 0) is 10.1 Å². The van der Waals surface area contributed by atoms with Crippen molar-refractivity contribution in [2.24, 2.45) is 0 Å². The lowest BCUT2D eigenvalue weighted by molar-refractivity contribution is 0.344. The minimum Gasteiger partial charge on any atom is -0.507 e. The van der Waals surface area contributed by atoms with Crippen molar-refractivity contribution in [2.75, 3.05) is 37.8 Å². The molecule has 0 bridgehead atoms. The highest BCUT2D eigenvalue weighted by Crippen LogP contribution is 2.37. The third kappa shape index (κ3) is 5.75. The lowest BCUT2D eigenvalue weighted by atomic mass is 10.0. The molecule has 1 aliphatic rings. The normalized spacial score (nSPS) is 14.8. The van der Waals surface area contributed by atoms with Crippen LogP contribution < -0.4 is 10.0 Å². The second kappa shape index (κ2) is 10.7. The standard InChI is InChI=1S/C27H31ClN6O2S/c1-18-16-19(25-22(28)6-5-7-24(25)35)17-23-26(18)31-27(33-32-23)30-20-8-10-21(11-9-20)37(2,36)29-12-15-34-13-3-4-14-34/h5-11,16-17,35,37H,3-4,12-15H2,1-2H3,(H,29,36)(H,30,31,33). The number of likely N-dealkylation sites (tertiary alicyclic amines) is 1. The molecule has 2 heterocycles. The summed E-state index contributed by atoms with van der Waals surface area (Å²) in [5, 5.41) is 22.5. The smallest absolute Gasteiger partial charge is 0.247 e. The Morgan fingerprint density at radius 1 is 1.08 bits per heavy atom. The highest BCUT2D eigenvalue weighted by Gasteiger charge is 2.16. The minimum absolute atomic E-state index is 0.104. The molecule has 3 N–H and O–H groups in total. The molecule has 37 heavy (non-hydrogen) atoms. The van der Waals surface area contributed by atoms with Crippen LogP contribution in [0.1, 0.15) is 18.4 Å². The first-order valence-electron chi connectivity index (χ1n) is 12.4. The second-order valence-electron chi connectivity index (χ2n) is 9.48. The summed E-state index contributed by atoms with van der Waals surface area (Å²) in [6.45, 7) is 5.83. The molecule has 1 saturated heterocycles. The van der Waals surface area contributed by atoms with Gasteiger partial charge in [-0.15, -0.1) is 10.2 Å². The van der Waals surface area contributed by atoms with Gasteiger partial charge in [0, 0.05) is 35.5 Å². The zero-order chi connectivity index (χ0) is 26.0. The maximum Gasteiger partial charge on any atom is 0.247 e. The molecule has 0 amide bonds. The largest absolute Gasteiger partial charge is 0.507 e. The Labute approximate surface area is 222 Å². The van der Waals surface area contributed by atoms with Crippen molar-refractivity contribution in [3.05, 3.63) is 65.2 Å². The molecule has 1 aromatic heterocycles. The van der Waals surface area contributed by atoms with Crippen molar-refractivity contribution in [3.8, 4) is 16.9 Å². The number of nitrogens with zero attached hydrogens (tertiary/aromatic N) is 4. The van der Waals surface area contributed by atoms with E-state index in [-0.39, 0.29) is 5.75 Å². The number of fused-ring (bicyclic) bond motifs is 1. The van der Waals surface area contributed by atoms with Crippen LogP contribution in [0.15, 0.2) is 59.5 Å². The molecule has 4 aromatic rings. The van der Waals surface area contributed by atoms with E-state index < -0.39 is 10.1 Å². The van der Waals surface area contributed by atoms with Gasteiger partial charge in [-0.25, -0.2) is 4.98 Å². The maximum absolute atomic E-state index is 13.2. The van der Waals surface area contributed by atoms with Gasteiger partial charge in [-0.1, -0.05) is 17.7 Å². The summed E-state index contributed by atoms with van der Waals surface area (Å²) in [4.78, 5) is 7.83.